The Morgan fingerprint density at radius 2 is 1.95 bits per heavy atom. The quantitative estimate of drug-likeness (QED) is 0.820. The third kappa shape index (κ3) is 3.67. The molecule has 20 heavy (non-hydrogen) atoms. The summed E-state index contributed by atoms with van der Waals surface area (Å²) in [5.41, 5.74) is 1.86. The maximum atomic E-state index is 9.86. The molecule has 2 aromatic rings. The molecule has 0 bridgehead atoms. The predicted molar refractivity (Wildman–Crippen MR) is 82.4 cm³/mol. The van der Waals surface area contributed by atoms with Crippen molar-refractivity contribution in [3.05, 3.63) is 54.1 Å². The molecule has 0 saturated heterocycles. The number of nitrogens with one attached hydrogen (secondary N) is 1. The average molecular weight is 271 g/mol. The van der Waals surface area contributed by atoms with Gasteiger partial charge in [0, 0.05) is 17.3 Å². The van der Waals surface area contributed by atoms with Crippen molar-refractivity contribution < 1.29 is 9.84 Å². The lowest BCUT2D eigenvalue weighted by atomic mass is 10.1. The molecule has 0 radical (unpaired) electrons. The number of para-hydroxylation sites is 1. The third-order valence-corrected chi connectivity index (χ3v) is 3.09. The van der Waals surface area contributed by atoms with Crippen LogP contribution in [0.2, 0.25) is 0 Å². The van der Waals surface area contributed by atoms with Gasteiger partial charge in [-0.25, -0.2) is 0 Å². The minimum absolute atomic E-state index is 0.0256. The smallest absolute Gasteiger partial charge is 0.121 e. The number of hydrogen-bond donors (Lipinski definition) is 2. The topological polar surface area (TPSA) is 41.5 Å². The van der Waals surface area contributed by atoms with Crippen LogP contribution in [0.4, 0.5) is 5.69 Å². The fourth-order valence-electron chi connectivity index (χ4n) is 2.08. The molecule has 2 aromatic carbocycles. The molecule has 1 unspecified atom stereocenters. The molecule has 0 heterocycles. The fourth-order valence-corrected chi connectivity index (χ4v) is 2.08. The van der Waals surface area contributed by atoms with Crippen molar-refractivity contribution in [1.82, 2.24) is 0 Å². The monoisotopic (exact) mass is 271 g/mol. The van der Waals surface area contributed by atoms with Crippen LogP contribution in [0.5, 0.6) is 11.5 Å². The largest absolute Gasteiger partial charge is 0.508 e. The Morgan fingerprint density at radius 3 is 2.70 bits per heavy atom. The van der Waals surface area contributed by atoms with Gasteiger partial charge in [0.15, 0.2) is 0 Å². The highest BCUT2D eigenvalue weighted by Crippen LogP contribution is 2.27. The lowest BCUT2D eigenvalue weighted by molar-refractivity contribution is 0.317. The van der Waals surface area contributed by atoms with E-state index in [0.29, 0.717) is 5.75 Å². The van der Waals surface area contributed by atoms with E-state index in [-0.39, 0.29) is 6.04 Å². The Bertz CT molecular complexity index is 554. The zero-order valence-corrected chi connectivity index (χ0v) is 12.0. The second kappa shape index (κ2) is 6.85. The summed E-state index contributed by atoms with van der Waals surface area (Å²) in [4.78, 5) is 0. The lowest BCUT2D eigenvalue weighted by Crippen LogP contribution is -2.07. The highest BCUT2D eigenvalue weighted by molar-refractivity contribution is 5.51. The van der Waals surface area contributed by atoms with Gasteiger partial charge in [-0.3, -0.25) is 0 Å². The molecule has 0 aromatic heterocycles. The maximum Gasteiger partial charge on any atom is 0.121 e. The number of aromatic hydroxyl groups is 1. The van der Waals surface area contributed by atoms with Gasteiger partial charge in [0.05, 0.1) is 12.6 Å². The van der Waals surface area contributed by atoms with Crippen LogP contribution in [-0.2, 0) is 0 Å². The van der Waals surface area contributed by atoms with Crippen molar-refractivity contribution in [3.63, 3.8) is 0 Å². The summed E-state index contributed by atoms with van der Waals surface area (Å²) in [6, 6.07) is 15.3. The summed E-state index contributed by atoms with van der Waals surface area (Å²) < 4.78 is 5.62. The van der Waals surface area contributed by atoms with E-state index in [1.54, 1.807) is 6.07 Å². The Balaban J connectivity index is 2.08. The van der Waals surface area contributed by atoms with Gasteiger partial charge in [-0.05, 0) is 31.5 Å². The first kappa shape index (κ1) is 14.3. The van der Waals surface area contributed by atoms with E-state index in [1.807, 2.05) is 49.4 Å². The van der Waals surface area contributed by atoms with E-state index in [1.165, 1.54) is 0 Å². The van der Waals surface area contributed by atoms with Gasteiger partial charge in [-0.1, -0.05) is 31.2 Å². The van der Waals surface area contributed by atoms with Gasteiger partial charge in [-0.15, -0.1) is 0 Å². The molecular weight excluding hydrogens is 250 g/mol. The minimum atomic E-state index is 0.0256. The van der Waals surface area contributed by atoms with E-state index < -0.39 is 0 Å². The Kier molecular flexibility index (Phi) is 4.88. The molecule has 2 N–H and O–H groups in total. The Labute approximate surface area is 120 Å². The van der Waals surface area contributed by atoms with Crippen molar-refractivity contribution in [2.24, 2.45) is 0 Å². The zero-order chi connectivity index (χ0) is 14.4. The summed E-state index contributed by atoms with van der Waals surface area (Å²) in [5.74, 6) is 1.17. The molecule has 106 valence electrons. The normalized spacial score (nSPS) is 11.9. The van der Waals surface area contributed by atoms with Crippen LogP contribution in [0.25, 0.3) is 0 Å². The number of hydrogen-bond acceptors (Lipinski definition) is 3. The first-order valence-corrected chi connectivity index (χ1v) is 6.98. The predicted octanol–water partition coefficient (Wildman–Crippen LogP) is 4.35. The van der Waals surface area contributed by atoms with E-state index in [4.69, 9.17) is 4.74 Å². The molecular formula is C17H21NO2. The van der Waals surface area contributed by atoms with Gasteiger partial charge in [0.1, 0.15) is 11.5 Å². The van der Waals surface area contributed by atoms with E-state index in [0.717, 1.165) is 30.0 Å². The van der Waals surface area contributed by atoms with Gasteiger partial charge in [-0.2, -0.15) is 0 Å². The molecule has 3 heteroatoms. The Hall–Kier alpha value is -2.16. The highest BCUT2D eigenvalue weighted by atomic mass is 16.5. The highest BCUT2D eigenvalue weighted by Gasteiger charge is 2.09. The van der Waals surface area contributed by atoms with Crippen molar-refractivity contribution >= 4 is 5.69 Å². The summed E-state index contributed by atoms with van der Waals surface area (Å²) in [5, 5.41) is 13.2. The van der Waals surface area contributed by atoms with E-state index in [2.05, 4.69) is 12.2 Å². The molecule has 0 fully saturated rings. The van der Waals surface area contributed by atoms with Gasteiger partial charge in [0.2, 0.25) is 0 Å². The van der Waals surface area contributed by atoms with Crippen molar-refractivity contribution in [2.75, 3.05) is 11.9 Å². The minimum Gasteiger partial charge on any atom is -0.508 e. The van der Waals surface area contributed by atoms with Crippen LogP contribution in [0, 0.1) is 0 Å². The summed E-state index contributed by atoms with van der Waals surface area (Å²) in [7, 11) is 0. The number of anilines is 1. The molecule has 0 aliphatic rings. The average Bonchev–Trinajstić information content (AvgIpc) is 2.46. The molecule has 1 atom stereocenters. The molecule has 2 rings (SSSR count). The number of rotatable bonds is 6. The van der Waals surface area contributed by atoms with E-state index >= 15 is 0 Å². The number of benzene rings is 2. The van der Waals surface area contributed by atoms with Crippen LogP contribution >= 0.6 is 0 Å². The first-order valence-electron chi connectivity index (χ1n) is 6.98. The van der Waals surface area contributed by atoms with Crippen LogP contribution < -0.4 is 10.1 Å². The third-order valence-electron chi connectivity index (χ3n) is 3.09. The van der Waals surface area contributed by atoms with Gasteiger partial charge >= 0.3 is 0 Å². The molecule has 0 aliphatic heterocycles. The molecule has 0 saturated carbocycles. The van der Waals surface area contributed by atoms with Gasteiger partial charge in [0.25, 0.3) is 0 Å². The number of phenols is 1. The zero-order valence-electron chi connectivity index (χ0n) is 12.0. The van der Waals surface area contributed by atoms with Crippen LogP contribution in [0.15, 0.2) is 48.5 Å². The Morgan fingerprint density at radius 1 is 1.15 bits per heavy atom. The van der Waals surface area contributed by atoms with Crippen molar-refractivity contribution in [2.45, 2.75) is 26.3 Å². The van der Waals surface area contributed by atoms with Crippen LogP contribution in [0.3, 0.4) is 0 Å². The van der Waals surface area contributed by atoms with Crippen molar-refractivity contribution in [1.29, 1.82) is 0 Å². The first-order chi connectivity index (χ1) is 9.70. The standard InChI is InChI=1S/C17H21NO2/c1-3-11-20-15-8-6-7-14(12-15)18-13(2)16-9-4-5-10-17(16)19/h4-10,12-13,18-19H,3,11H2,1-2H3. The van der Waals surface area contributed by atoms with E-state index in [9.17, 15) is 5.11 Å². The maximum absolute atomic E-state index is 9.86. The van der Waals surface area contributed by atoms with Crippen LogP contribution in [-0.4, -0.2) is 11.7 Å². The second-order valence-corrected chi connectivity index (χ2v) is 4.80. The van der Waals surface area contributed by atoms with Gasteiger partial charge < -0.3 is 15.2 Å². The second-order valence-electron chi connectivity index (χ2n) is 4.80. The fraction of sp³-hybridized carbons (Fsp3) is 0.294. The number of phenolic OH excluding ortho intramolecular Hbond substituents is 1. The summed E-state index contributed by atoms with van der Waals surface area (Å²) in [6.45, 7) is 4.83. The number of ether oxygens (including phenoxy) is 1. The molecule has 0 amide bonds. The summed E-state index contributed by atoms with van der Waals surface area (Å²) >= 11 is 0. The molecule has 0 spiro atoms. The molecule has 3 nitrogen and oxygen atoms in total. The SMILES string of the molecule is CCCOc1cccc(NC(C)c2ccccc2O)c1. The van der Waals surface area contributed by atoms with Crippen LogP contribution in [0.1, 0.15) is 31.9 Å². The summed E-state index contributed by atoms with van der Waals surface area (Å²) in [6.07, 6.45) is 0.992. The lowest BCUT2D eigenvalue weighted by Gasteiger charge is -2.17. The van der Waals surface area contributed by atoms with Crippen molar-refractivity contribution in [3.8, 4) is 11.5 Å². The molecule has 0 aliphatic carbocycles.